The van der Waals surface area contributed by atoms with Crippen LogP contribution in [0, 0.1) is 20.8 Å². The highest BCUT2D eigenvalue weighted by Gasteiger charge is 2.58. The Morgan fingerprint density at radius 1 is 1.04 bits per heavy atom. The Balaban J connectivity index is 2.03. The molecule has 3 rings (SSSR count). The molecule has 0 fully saturated rings. The van der Waals surface area contributed by atoms with Gasteiger partial charge in [0.05, 0.1) is 0 Å². The molecule has 1 nitrogen and oxygen atoms in total. The normalized spacial score (nSPS) is 20.2. The fourth-order valence-electron chi connectivity index (χ4n) is 3.41. The van der Waals surface area contributed by atoms with Crippen LogP contribution in [0.4, 0.5) is 13.2 Å². The lowest BCUT2D eigenvalue weighted by molar-refractivity contribution is -0.160. The molecule has 1 heterocycles. The molecule has 0 saturated heterocycles. The molecule has 0 spiro atoms. The largest absolute Gasteiger partial charge is 0.407 e. The number of halogens is 3. The van der Waals surface area contributed by atoms with Crippen LogP contribution in [-0.4, -0.2) is 12.5 Å². The lowest BCUT2D eigenvalue weighted by Crippen LogP contribution is -2.37. The van der Waals surface area contributed by atoms with Gasteiger partial charge < -0.3 is 0 Å². The van der Waals surface area contributed by atoms with Crippen molar-refractivity contribution in [3.05, 3.63) is 75.2 Å². The minimum absolute atomic E-state index is 0.121. The van der Waals surface area contributed by atoms with Crippen LogP contribution in [-0.2, 0) is 4.75 Å². The van der Waals surface area contributed by atoms with E-state index in [0.29, 0.717) is 16.7 Å². The fraction of sp³-hybridized carbons (Fsp3) is 0.286. The van der Waals surface area contributed by atoms with Crippen molar-refractivity contribution in [2.45, 2.75) is 38.1 Å². The average molecular weight is 376 g/mol. The van der Waals surface area contributed by atoms with Crippen molar-refractivity contribution in [1.29, 1.82) is 0 Å². The summed E-state index contributed by atoms with van der Waals surface area (Å²) >= 11 is 0.829. The van der Waals surface area contributed by atoms with Gasteiger partial charge in [0.15, 0.2) is 0 Å². The van der Waals surface area contributed by atoms with Gasteiger partial charge in [0, 0.05) is 12.0 Å². The molecule has 0 aliphatic carbocycles. The van der Waals surface area contributed by atoms with E-state index in [0.717, 1.165) is 40.3 Å². The average Bonchev–Trinajstić information content (AvgIpc) is 3.00. The van der Waals surface area contributed by atoms with E-state index in [9.17, 15) is 18.0 Å². The van der Waals surface area contributed by atoms with Gasteiger partial charge in [-0.15, -0.1) is 11.8 Å². The molecule has 1 unspecified atom stereocenters. The molecule has 1 aliphatic rings. The van der Waals surface area contributed by atoms with Gasteiger partial charge in [0.2, 0.25) is 0 Å². The van der Waals surface area contributed by atoms with Crippen molar-refractivity contribution >= 4 is 23.6 Å². The van der Waals surface area contributed by atoms with Gasteiger partial charge in [0.25, 0.3) is 0 Å². The molecule has 2 aromatic rings. The minimum atomic E-state index is -4.38. The molecule has 0 amide bonds. The zero-order valence-corrected chi connectivity index (χ0v) is 15.6. The summed E-state index contributed by atoms with van der Waals surface area (Å²) in [6.07, 6.45) is -3.75. The zero-order chi connectivity index (χ0) is 19.1. The Labute approximate surface area is 155 Å². The van der Waals surface area contributed by atoms with E-state index in [1.807, 2.05) is 19.9 Å². The van der Waals surface area contributed by atoms with Crippen LogP contribution in [0.15, 0.2) is 41.8 Å². The van der Waals surface area contributed by atoms with Crippen molar-refractivity contribution in [3.63, 3.8) is 0 Å². The highest BCUT2D eigenvalue weighted by Crippen LogP contribution is 2.59. The van der Waals surface area contributed by atoms with Crippen molar-refractivity contribution in [2.24, 2.45) is 0 Å². The summed E-state index contributed by atoms with van der Waals surface area (Å²) in [5, 5.41) is 1.61. The zero-order valence-electron chi connectivity index (χ0n) is 14.8. The Morgan fingerprint density at radius 2 is 1.69 bits per heavy atom. The number of allylic oxidation sites excluding steroid dienone is 1. The van der Waals surface area contributed by atoms with Gasteiger partial charge >= 0.3 is 6.18 Å². The lowest BCUT2D eigenvalue weighted by Gasteiger charge is -2.32. The quantitative estimate of drug-likeness (QED) is 0.580. The smallest absolute Gasteiger partial charge is 0.298 e. The molecule has 1 atom stereocenters. The summed E-state index contributed by atoms with van der Waals surface area (Å²) in [6.45, 7) is 5.42. The van der Waals surface area contributed by atoms with Crippen molar-refractivity contribution in [2.75, 3.05) is 0 Å². The maximum Gasteiger partial charge on any atom is 0.407 e. The maximum atomic E-state index is 14.2. The second-order valence-corrected chi connectivity index (χ2v) is 8.00. The molecule has 26 heavy (non-hydrogen) atoms. The van der Waals surface area contributed by atoms with E-state index in [1.54, 1.807) is 42.7 Å². The van der Waals surface area contributed by atoms with Gasteiger partial charge in [-0.05, 0) is 48.4 Å². The molecule has 136 valence electrons. The first kappa shape index (κ1) is 18.8. The standard InChI is InChI=1S/C21H19F3OS/c1-13-6-14(2)8-19(7-13)20(21(22,23)24)10-18(12-26-20)16-4-5-17(11-25)15(3)9-16/h4-9,11-12H,10H2,1-3H3. The predicted molar refractivity (Wildman–Crippen MR) is 100 cm³/mol. The molecule has 2 aromatic carbocycles. The molecule has 0 radical (unpaired) electrons. The molecule has 5 heteroatoms. The molecule has 0 N–H and O–H groups in total. The van der Waals surface area contributed by atoms with Crippen molar-refractivity contribution in [3.8, 4) is 0 Å². The van der Waals surface area contributed by atoms with E-state index in [4.69, 9.17) is 0 Å². The summed E-state index contributed by atoms with van der Waals surface area (Å²) in [5.41, 5.74) is 4.63. The first-order chi connectivity index (χ1) is 12.2. The van der Waals surface area contributed by atoms with E-state index in [-0.39, 0.29) is 6.42 Å². The number of benzene rings is 2. The van der Waals surface area contributed by atoms with E-state index in [1.165, 1.54) is 0 Å². The SMILES string of the molecule is Cc1cc(C)cc(C2(C(F)(F)F)CC(c3ccc(C=O)c(C)c3)=CS2)c1. The Bertz CT molecular complexity index is 878. The van der Waals surface area contributed by atoms with E-state index < -0.39 is 10.9 Å². The number of alkyl halides is 3. The summed E-state index contributed by atoms with van der Waals surface area (Å²) in [4.78, 5) is 11.0. The third kappa shape index (κ3) is 3.20. The second-order valence-electron chi connectivity index (χ2n) is 6.83. The van der Waals surface area contributed by atoms with Crippen LogP contribution in [0.25, 0.3) is 5.57 Å². The highest BCUT2D eigenvalue weighted by molar-refractivity contribution is 8.03. The highest BCUT2D eigenvalue weighted by atomic mass is 32.2. The Morgan fingerprint density at radius 3 is 2.23 bits per heavy atom. The van der Waals surface area contributed by atoms with Gasteiger partial charge in [-0.1, -0.05) is 47.5 Å². The molecule has 0 aromatic heterocycles. The third-order valence-corrected chi connectivity index (χ3v) is 6.17. The summed E-state index contributed by atoms with van der Waals surface area (Å²) in [5.74, 6) is 0. The van der Waals surface area contributed by atoms with Crippen molar-refractivity contribution < 1.29 is 18.0 Å². The number of rotatable bonds is 3. The van der Waals surface area contributed by atoms with Crippen LogP contribution in [0.1, 0.15) is 44.6 Å². The summed E-state index contributed by atoms with van der Waals surface area (Å²) in [6, 6.07) is 10.3. The molecular weight excluding hydrogens is 357 g/mol. The van der Waals surface area contributed by atoms with Gasteiger partial charge in [-0.2, -0.15) is 13.2 Å². The molecular formula is C21H19F3OS. The number of hydrogen-bond acceptors (Lipinski definition) is 2. The molecule has 0 saturated carbocycles. The molecule has 0 bridgehead atoms. The van der Waals surface area contributed by atoms with E-state index >= 15 is 0 Å². The predicted octanol–water partition coefficient (Wildman–Crippen LogP) is 6.36. The van der Waals surface area contributed by atoms with Crippen LogP contribution < -0.4 is 0 Å². The number of aldehydes is 1. The minimum Gasteiger partial charge on any atom is -0.298 e. The Hall–Kier alpha value is -2.01. The van der Waals surface area contributed by atoms with E-state index in [2.05, 4.69) is 0 Å². The van der Waals surface area contributed by atoms with Crippen LogP contribution >= 0.6 is 11.8 Å². The topological polar surface area (TPSA) is 17.1 Å². The number of hydrogen-bond donors (Lipinski definition) is 0. The number of carbonyl (C=O) groups excluding carboxylic acids is 1. The fourth-order valence-corrected chi connectivity index (χ4v) is 4.60. The van der Waals surface area contributed by atoms with Gasteiger partial charge in [0.1, 0.15) is 11.0 Å². The number of carbonyl (C=O) groups is 1. The van der Waals surface area contributed by atoms with Gasteiger partial charge in [-0.3, -0.25) is 4.79 Å². The lowest BCUT2D eigenvalue weighted by atomic mass is 9.86. The third-order valence-electron chi connectivity index (χ3n) is 4.76. The first-order valence-corrected chi connectivity index (χ1v) is 9.13. The maximum absolute atomic E-state index is 14.2. The second kappa shape index (κ2) is 6.62. The van der Waals surface area contributed by atoms with Crippen molar-refractivity contribution in [1.82, 2.24) is 0 Å². The number of aryl methyl sites for hydroxylation is 3. The molecule has 1 aliphatic heterocycles. The first-order valence-electron chi connectivity index (χ1n) is 8.25. The number of thioether (sulfide) groups is 1. The monoisotopic (exact) mass is 376 g/mol. The van der Waals surface area contributed by atoms with Crippen LogP contribution in [0.3, 0.4) is 0 Å². The van der Waals surface area contributed by atoms with Crippen LogP contribution in [0.5, 0.6) is 0 Å². The Kier molecular flexibility index (Phi) is 4.78. The summed E-state index contributed by atoms with van der Waals surface area (Å²) < 4.78 is 40.5. The summed E-state index contributed by atoms with van der Waals surface area (Å²) in [7, 11) is 0. The van der Waals surface area contributed by atoms with Crippen LogP contribution in [0.2, 0.25) is 0 Å². The van der Waals surface area contributed by atoms with Gasteiger partial charge in [-0.25, -0.2) is 0 Å².